The second kappa shape index (κ2) is 3.20. The molecule has 0 fully saturated rings. The topological polar surface area (TPSA) is 39.8 Å². The first-order chi connectivity index (χ1) is 8.09. The third kappa shape index (κ3) is 1.24. The summed E-state index contributed by atoms with van der Waals surface area (Å²) in [6, 6.07) is 4.05. The molecule has 86 valence electrons. The van der Waals surface area contributed by atoms with E-state index in [4.69, 9.17) is 0 Å². The Labute approximate surface area is 98.1 Å². The van der Waals surface area contributed by atoms with Crippen molar-refractivity contribution in [2.24, 2.45) is 14.1 Å². The minimum Gasteiger partial charge on any atom is -0.346 e. The molecule has 0 saturated carbocycles. The first-order valence-corrected chi connectivity index (χ1v) is 5.50. The van der Waals surface area contributed by atoms with Crippen molar-refractivity contribution in [2.75, 3.05) is 0 Å². The zero-order valence-electron chi connectivity index (χ0n) is 10.1. The van der Waals surface area contributed by atoms with E-state index in [0.717, 1.165) is 27.5 Å². The van der Waals surface area contributed by atoms with Crippen molar-refractivity contribution in [3.8, 4) is 0 Å². The van der Waals surface area contributed by atoms with E-state index in [9.17, 15) is 4.79 Å². The molecular weight excluding hydrogens is 214 g/mol. The van der Waals surface area contributed by atoms with Gasteiger partial charge in [0, 0.05) is 37.3 Å². The lowest BCUT2D eigenvalue weighted by molar-refractivity contribution is 0.874. The number of nitrogens with zero attached hydrogens (tertiary/aromatic N) is 3. The molecule has 0 aliphatic heterocycles. The highest BCUT2D eigenvalue weighted by Gasteiger charge is 2.11. The average molecular weight is 227 g/mol. The summed E-state index contributed by atoms with van der Waals surface area (Å²) in [5.41, 5.74) is 2.56. The van der Waals surface area contributed by atoms with Gasteiger partial charge >= 0.3 is 0 Å². The maximum Gasteiger partial charge on any atom is 0.276 e. The Morgan fingerprint density at radius 3 is 2.76 bits per heavy atom. The van der Waals surface area contributed by atoms with Gasteiger partial charge in [-0.1, -0.05) is 0 Å². The Balaban J connectivity index is 2.72. The van der Waals surface area contributed by atoms with Gasteiger partial charge in [0.25, 0.3) is 5.56 Å². The molecule has 0 radical (unpaired) electrons. The average Bonchev–Trinajstić information content (AvgIpc) is 2.68. The van der Waals surface area contributed by atoms with Crippen molar-refractivity contribution in [3.63, 3.8) is 0 Å². The molecule has 4 heteroatoms. The van der Waals surface area contributed by atoms with Crippen molar-refractivity contribution < 1.29 is 0 Å². The van der Waals surface area contributed by atoms with Crippen molar-refractivity contribution >= 4 is 21.9 Å². The fourth-order valence-electron chi connectivity index (χ4n) is 2.30. The van der Waals surface area contributed by atoms with Crippen molar-refractivity contribution in [1.29, 1.82) is 0 Å². The largest absolute Gasteiger partial charge is 0.346 e. The summed E-state index contributed by atoms with van der Waals surface area (Å²) in [6.07, 6.45) is 3.70. The molecule has 0 amide bonds. The number of aryl methyl sites for hydroxylation is 3. The monoisotopic (exact) mass is 227 g/mol. The van der Waals surface area contributed by atoms with Gasteiger partial charge in [0.1, 0.15) is 11.2 Å². The maximum atomic E-state index is 12.2. The molecule has 3 rings (SSSR count). The van der Waals surface area contributed by atoms with E-state index in [1.54, 1.807) is 17.8 Å². The van der Waals surface area contributed by atoms with Crippen LogP contribution in [0.1, 0.15) is 5.56 Å². The quantitative estimate of drug-likeness (QED) is 0.587. The molecular formula is C13H13N3O. The van der Waals surface area contributed by atoms with Crippen LogP contribution in [0.3, 0.4) is 0 Å². The lowest BCUT2D eigenvalue weighted by Gasteiger charge is -2.07. The van der Waals surface area contributed by atoms with Crippen LogP contribution in [0.2, 0.25) is 0 Å². The Morgan fingerprint density at radius 2 is 2.00 bits per heavy atom. The second-order valence-electron chi connectivity index (χ2n) is 4.44. The zero-order valence-corrected chi connectivity index (χ0v) is 10.1. The van der Waals surface area contributed by atoms with Crippen LogP contribution in [0.15, 0.2) is 29.3 Å². The van der Waals surface area contributed by atoms with Gasteiger partial charge in [-0.3, -0.25) is 9.36 Å². The lowest BCUT2D eigenvalue weighted by Crippen LogP contribution is -2.19. The molecule has 0 atom stereocenters. The van der Waals surface area contributed by atoms with Gasteiger partial charge in [0.2, 0.25) is 0 Å². The molecule has 3 heterocycles. The first-order valence-electron chi connectivity index (χ1n) is 5.50. The third-order valence-corrected chi connectivity index (χ3v) is 3.19. The fourth-order valence-corrected chi connectivity index (χ4v) is 2.30. The summed E-state index contributed by atoms with van der Waals surface area (Å²) >= 11 is 0. The van der Waals surface area contributed by atoms with E-state index >= 15 is 0 Å². The van der Waals surface area contributed by atoms with Crippen LogP contribution in [0, 0.1) is 6.92 Å². The Morgan fingerprint density at radius 1 is 1.24 bits per heavy atom. The predicted octanol–water partition coefficient (Wildman–Crippen LogP) is 1.73. The van der Waals surface area contributed by atoms with Crippen molar-refractivity contribution in [2.45, 2.75) is 6.92 Å². The summed E-state index contributed by atoms with van der Waals surface area (Å²) in [4.78, 5) is 16.6. The molecule has 4 nitrogen and oxygen atoms in total. The first kappa shape index (κ1) is 10.1. The van der Waals surface area contributed by atoms with Gasteiger partial charge in [0.05, 0.1) is 0 Å². The van der Waals surface area contributed by atoms with Gasteiger partial charge in [-0.25, -0.2) is 4.98 Å². The zero-order chi connectivity index (χ0) is 12.2. The highest BCUT2D eigenvalue weighted by atomic mass is 16.1. The van der Waals surface area contributed by atoms with E-state index in [0.29, 0.717) is 0 Å². The molecule has 17 heavy (non-hydrogen) atoms. The van der Waals surface area contributed by atoms with E-state index in [2.05, 4.69) is 11.1 Å². The van der Waals surface area contributed by atoms with Crippen molar-refractivity contribution in [1.82, 2.24) is 14.1 Å². The second-order valence-corrected chi connectivity index (χ2v) is 4.44. The third-order valence-electron chi connectivity index (χ3n) is 3.19. The summed E-state index contributed by atoms with van der Waals surface area (Å²) in [6.45, 7) is 2.01. The van der Waals surface area contributed by atoms with E-state index in [-0.39, 0.29) is 5.56 Å². The van der Waals surface area contributed by atoms with Crippen LogP contribution in [-0.4, -0.2) is 14.1 Å². The fraction of sp³-hybridized carbons (Fsp3) is 0.231. The SMILES string of the molecule is Cc1cnc2c(c1)c1ccn(C)c1c(=O)n2C. The maximum absolute atomic E-state index is 12.2. The number of hydrogen-bond donors (Lipinski definition) is 0. The van der Waals surface area contributed by atoms with Crippen LogP contribution in [-0.2, 0) is 14.1 Å². The van der Waals surface area contributed by atoms with Crippen LogP contribution in [0.4, 0.5) is 0 Å². The van der Waals surface area contributed by atoms with Crippen LogP contribution >= 0.6 is 0 Å². The molecule has 3 aromatic heterocycles. The standard InChI is InChI=1S/C13H13N3O/c1-8-6-10-9-4-5-15(2)11(9)13(17)16(3)12(10)14-7-8/h4-7H,1-3H3. The molecule has 0 saturated heterocycles. The van der Waals surface area contributed by atoms with E-state index in [1.807, 2.05) is 30.8 Å². The summed E-state index contributed by atoms with van der Waals surface area (Å²) in [5.74, 6) is 0. The van der Waals surface area contributed by atoms with Gasteiger partial charge in [-0.2, -0.15) is 0 Å². The molecule has 0 aliphatic carbocycles. The number of aromatic nitrogens is 3. The van der Waals surface area contributed by atoms with Gasteiger partial charge in [0.15, 0.2) is 0 Å². The Bertz CT molecular complexity index is 796. The molecule has 0 N–H and O–H groups in total. The predicted molar refractivity (Wildman–Crippen MR) is 68.2 cm³/mol. The number of hydrogen-bond acceptors (Lipinski definition) is 2. The Hall–Kier alpha value is -2.10. The van der Waals surface area contributed by atoms with Gasteiger partial charge in [-0.05, 0) is 24.6 Å². The Kier molecular flexibility index (Phi) is 1.90. The normalized spacial score (nSPS) is 11.5. The highest BCUT2D eigenvalue weighted by Crippen LogP contribution is 2.22. The molecule has 0 spiro atoms. The van der Waals surface area contributed by atoms with Crippen molar-refractivity contribution in [3.05, 3.63) is 40.4 Å². The minimum absolute atomic E-state index is 0.00338. The summed E-state index contributed by atoms with van der Waals surface area (Å²) < 4.78 is 3.47. The summed E-state index contributed by atoms with van der Waals surface area (Å²) in [7, 11) is 3.65. The highest BCUT2D eigenvalue weighted by molar-refractivity contribution is 6.03. The molecule has 0 bridgehead atoms. The minimum atomic E-state index is -0.00338. The summed E-state index contributed by atoms with van der Waals surface area (Å²) in [5, 5.41) is 2.00. The smallest absolute Gasteiger partial charge is 0.276 e. The molecule has 0 unspecified atom stereocenters. The van der Waals surface area contributed by atoms with Crippen LogP contribution in [0.5, 0.6) is 0 Å². The van der Waals surface area contributed by atoms with Gasteiger partial charge < -0.3 is 4.57 Å². The van der Waals surface area contributed by atoms with E-state index < -0.39 is 0 Å². The van der Waals surface area contributed by atoms with E-state index in [1.165, 1.54) is 0 Å². The molecule has 3 aromatic rings. The van der Waals surface area contributed by atoms with Gasteiger partial charge in [-0.15, -0.1) is 0 Å². The number of fused-ring (bicyclic) bond motifs is 3. The molecule has 0 aliphatic rings. The lowest BCUT2D eigenvalue weighted by atomic mass is 10.1. The number of rotatable bonds is 0. The van der Waals surface area contributed by atoms with Crippen LogP contribution in [0.25, 0.3) is 21.9 Å². The molecule has 0 aromatic carbocycles. The van der Waals surface area contributed by atoms with Crippen LogP contribution < -0.4 is 5.56 Å². The number of pyridine rings is 2.